The number of ether oxygens (including phenoxy) is 2. The molecule has 0 saturated carbocycles. The van der Waals surface area contributed by atoms with Crippen molar-refractivity contribution >= 4 is 11.9 Å². The maximum absolute atomic E-state index is 12.3. The maximum Gasteiger partial charge on any atom is 0.338 e. The normalized spacial score (nSPS) is 17.1. The van der Waals surface area contributed by atoms with Gasteiger partial charge < -0.3 is 9.47 Å². The van der Waals surface area contributed by atoms with Crippen LogP contribution in [0.5, 0.6) is 0 Å². The van der Waals surface area contributed by atoms with Gasteiger partial charge in [-0.15, -0.1) is 0 Å². The van der Waals surface area contributed by atoms with Crippen molar-refractivity contribution in [3.63, 3.8) is 0 Å². The fraction of sp³-hybridized carbons (Fsp3) is 0.300. The van der Waals surface area contributed by atoms with E-state index in [0.717, 1.165) is 16.7 Å². The Morgan fingerprint density at radius 2 is 1.46 bits per heavy atom. The van der Waals surface area contributed by atoms with E-state index in [1.807, 2.05) is 30.4 Å². The SMILES string of the molecule is COC(=O)C1=CC2=CC=CC=CC2=C(C(C)(C)C)C=C1C(=O)OC. The molecule has 0 aliphatic heterocycles. The first-order valence-electron chi connectivity index (χ1n) is 7.70. The van der Waals surface area contributed by atoms with Crippen LogP contribution in [-0.2, 0) is 19.1 Å². The molecule has 0 aromatic rings. The molecule has 0 atom stereocenters. The third-order valence-corrected chi connectivity index (χ3v) is 3.86. The molecule has 0 bridgehead atoms. The first-order chi connectivity index (χ1) is 11.3. The summed E-state index contributed by atoms with van der Waals surface area (Å²) in [5.41, 5.74) is 2.92. The van der Waals surface area contributed by atoms with Crippen molar-refractivity contribution in [1.29, 1.82) is 0 Å². The smallest absolute Gasteiger partial charge is 0.338 e. The number of fused-ring (bicyclic) bond motifs is 1. The van der Waals surface area contributed by atoms with E-state index in [1.165, 1.54) is 14.2 Å². The topological polar surface area (TPSA) is 52.6 Å². The Bertz CT molecular complexity index is 747. The largest absolute Gasteiger partial charge is 0.465 e. The quantitative estimate of drug-likeness (QED) is 0.728. The molecule has 126 valence electrons. The van der Waals surface area contributed by atoms with Gasteiger partial charge in [0.2, 0.25) is 0 Å². The van der Waals surface area contributed by atoms with Gasteiger partial charge in [0.05, 0.1) is 25.4 Å². The molecule has 4 heteroatoms. The molecule has 24 heavy (non-hydrogen) atoms. The summed E-state index contributed by atoms with van der Waals surface area (Å²) in [6, 6.07) is 0. The number of hydrogen-bond donors (Lipinski definition) is 0. The average molecular weight is 326 g/mol. The Hall–Kier alpha value is -2.62. The van der Waals surface area contributed by atoms with Crippen LogP contribution in [-0.4, -0.2) is 26.2 Å². The number of methoxy groups -OCH3 is 2. The zero-order valence-electron chi connectivity index (χ0n) is 14.7. The van der Waals surface area contributed by atoms with E-state index in [9.17, 15) is 9.59 Å². The minimum atomic E-state index is -0.570. The highest BCUT2D eigenvalue weighted by Gasteiger charge is 2.30. The van der Waals surface area contributed by atoms with Gasteiger partial charge in [0.1, 0.15) is 0 Å². The van der Waals surface area contributed by atoms with E-state index in [2.05, 4.69) is 20.8 Å². The second kappa shape index (κ2) is 6.87. The lowest BCUT2D eigenvalue weighted by atomic mass is 9.81. The monoisotopic (exact) mass is 326 g/mol. The number of hydrogen-bond acceptors (Lipinski definition) is 4. The summed E-state index contributed by atoms with van der Waals surface area (Å²) >= 11 is 0. The Kier molecular flexibility index (Phi) is 5.07. The Labute approximate surface area is 142 Å². The van der Waals surface area contributed by atoms with Crippen LogP contribution < -0.4 is 0 Å². The zero-order valence-corrected chi connectivity index (χ0v) is 14.7. The second-order valence-corrected chi connectivity index (χ2v) is 6.54. The average Bonchev–Trinajstić information content (AvgIpc) is 2.84. The fourth-order valence-corrected chi connectivity index (χ4v) is 2.64. The van der Waals surface area contributed by atoms with Crippen molar-refractivity contribution in [2.75, 3.05) is 14.2 Å². The summed E-state index contributed by atoms with van der Waals surface area (Å²) in [5, 5.41) is 0. The first-order valence-corrected chi connectivity index (χ1v) is 7.70. The second-order valence-electron chi connectivity index (χ2n) is 6.54. The molecule has 2 aliphatic rings. The minimum Gasteiger partial charge on any atom is -0.465 e. The molecule has 0 amide bonds. The van der Waals surface area contributed by atoms with Gasteiger partial charge in [0, 0.05) is 0 Å². The highest BCUT2D eigenvalue weighted by atomic mass is 16.5. The van der Waals surface area contributed by atoms with E-state index in [1.54, 1.807) is 12.2 Å². The molecule has 0 heterocycles. The molecule has 0 spiro atoms. The molecule has 0 radical (unpaired) electrons. The molecule has 0 aromatic heterocycles. The predicted octanol–water partition coefficient (Wildman–Crippen LogP) is 3.59. The minimum absolute atomic E-state index is 0.191. The van der Waals surface area contributed by atoms with Gasteiger partial charge >= 0.3 is 11.9 Å². The molecule has 0 N–H and O–H groups in total. The number of carbonyl (C=O) groups excluding carboxylic acids is 2. The van der Waals surface area contributed by atoms with E-state index < -0.39 is 11.9 Å². The van der Waals surface area contributed by atoms with Crippen LogP contribution in [0.4, 0.5) is 0 Å². The van der Waals surface area contributed by atoms with Crippen molar-refractivity contribution in [3.05, 3.63) is 70.4 Å². The summed E-state index contributed by atoms with van der Waals surface area (Å²) in [6.45, 7) is 6.19. The summed E-state index contributed by atoms with van der Waals surface area (Å²) in [7, 11) is 2.59. The summed E-state index contributed by atoms with van der Waals surface area (Å²) in [5.74, 6) is -1.13. The molecule has 0 fully saturated rings. The van der Waals surface area contributed by atoms with Crippen molar-refractivity contribution < 1.29 is 19.1 Å². The Balaban J connectivity index is 2.82. The lowest BCUT2D eigenvalue weighted by molar-refractivity contribution is -0.139. The molecule has 2 rings (SSSR count). The zero-order chi connectivity index (χ0) is 17.9. The maximum atomic E-state index is 12.3. The van der Waals surface area contributed by atoms with Gasteiger partial charge in [-0.3, -0.25) is 0 Å². The van der Waals surface area contributed by atoms with Gasteiger partial charge in [-0.1, -0.05) is 51.2 Å². The number of rotatable bonds is 2. The van der Waals surface area contributed by atoms with Crippen LogP contribution in [0.25, 0.3) is 0 Å². The van der Waals surface area contributed by atoms with Gasteiger partial charge in [0.25, 0.3) is 0 Å². The van der Waals surface area contributed by atoms with Gasteiger partial charge in [-0.25, -0.2) is 9.59 Å². The van der Waals surface area contributed by atoms with Crippen molar-refractivity contribution in [2.45, 2.75) is 20.8 Å². The van der Waals surface area contributed by atoms with Gasteiger partial charge in [0.15, 0.2) is 0 Å². The molecule has 2 aliphatic carbocycles. The third kappa shape index (κ3) is 3.48. The third-order valence-electron chi connectivity index (χ3n) is 3.86. The van der Waals surface area contributed by atoms with E-state index in [-0.39, 0.29) is 16.6 Å². The van der Waals surface area contributed by atoms with Crippen molar-refractivity contribution in [1.82, 2.24) is 0 Å². The Morgan fingerprint density at radius 1 is 0.875 bits per heavy atom. The van der Waals surface area contributed by atoms with Gasteiger partial charge in [-0.05, 0) is 34.3 Å². The predicted molar refractivity (Wildman–Crippen MR) is 93.0 cm³/mol. The van der Waals surface area contributed by atoms with Crippen LogP contribution in [0, 0.1) is 5.41 Å². The van der Waals surface area contributed by atoms with Gasteiger partial charge in [-0.2, -0.15) is 0 Å². The van der Waals surface area contributed by atoms with E-state index in [0.29, 0.717) is 0 Å². The highest BCUT2D eigenvalue weighted by Crippen LogP contribution is 2.38. The molecular weight excluding hydrogens is 304 g/mol. The number of allylic oxidation sites excluding steroid dienone is 10. The van der Waals surface area contributed by atoms with Crippen LogP contribution in [0.1, 0.15) is 20.8 Å². The van der Waals surface area contributed by atoms with Crippen LogP contribution in [0.3, 0.4) is 0 Å². The first kappa shape index (κ1) is 17.7. The molecule has 0 aromatic carbocycles. The van der Waals surface area contributed by atoms with Crippen molar-refractivity contribution in [3.8, 4) is 0 Å². The summed E-state index contributed by atoms with van der Waals surface area (Å²) < 4.78 is 9.74. The molecule has 0 saturated heterocycles. The lowest BCUT2D eigenvalue weighted by Crippen LogP contribution is -2.16. The van der Waals surface area contributed by atoms with Crippen LogP contribution in [0.2, 0.25) is 0 Å². The number of carbonyl (C=O) groups is 2. The fourth-order valence-electron chi connectivity index (χ4n) is 2.64. The van der Waals surface area contributed by atoms with Crippen LogP contribution >= 0.6 is 0 Å². The number of esters is 2. The standard InChI is InChI=1S/C20H22O4/c1-20(2,3)17-12-16(19(22)24-5)15(18(21)23-4)11-13-9-7-6-8-10-14(13)17/h6-12H,1-5H3. The molecule has 0 unspecified atom stereocenters. The summed E-state index contributed by atoms with van der Waals surface area (Å²) in [4.78, 5) is 24.5. The molecular formula is C20H22O4. The highest BCUT2D eigenvalue weighted by molar-refractivity contribution is 6.08. The van der Waals surface area contributed by atoms with E-state index >= 15 is 0 Å². The van der Waals surface area contributed by atoms with Crippen LogP contribution in [0.15, 0.2) is 70.4 Å². The molecule has 4 nitrogen and oxygen atoms in total. The Morgan fingerprint density at radius 3 is 2.00 bits per heavy atom. The summed E-state index contributed by atoms with van der Waals surface area (Å²) in [6.07, 6.45) is 13.1. The lowest BCUT2D eigenvalue weighted by Gasteiger charge is -2.23. The van der Waals surface area contributed by atoms with Crippen molar-refractivity contribution in [2.24, 2.45) is 5.41 Å². The van der Waals surface area contributed by atoms with E-state index in [4.69, 9.17) is 9.47 Å².